The van der Waals surface area contributed by atoms with Crippen LogP contribution in [0.4, 0.5) is 0 Å². The number of methoxy groups -OCH3 is 2. The van der Waals surface area contributed by atoms with E-state index in [2.05, 4.69) is 0 Å². The van der Waals surface area contributed by atoms with E-state index in [9.17, 15) is 4.79 Å². The summed E-state index contributed by atoms with van der Waals surface area (Å²) in [6, 6.07) is 4.11. The fourth-order valence-electron chi connectivity index (χ4n) is 1.33. The van der Waals surface area contributed by atoms with Crippen molar-refractivity contribution in [2.45, 2.75) is 6.04 Å². The van der Waals surface area contributed by atoms with Gasteiger partial charge in [-0.05, 0) is 18.2 Å². The number of carbonyl (C=O) groups excluding carboxylic acids is 1. The third-order valence-corrected chi connectivity index (χ3v) is 2.35. The Labute approximate surface area is 99.3 Å². The Morgan fingerprint density at radius 2 is 2.19 bits per heavy atom. The first-order valence-corrected chi connectivity index (χ1v) is 5.10. The molecule has 0 spiro atoms. The van der Waals surface area contributed by atoms with Crippen molar-refractivity contribution in [3.63, 3.8) is 0 Å². The van der Waals surface area contributed by atoms with E-state index >= 15 is 0 Å². The van der Waals surface area contributed by atoms with Crippen molar-refractivity contribution in [3.8, 4) is 5.75 Å². The Kier molecular flexibility index (Phi) is 4.73. The number of hydrogen-bond acceptors (Lipinski definition) is 4. The second-order valence-electron chi connectivity index (χ2n) is 3.27. The molecule has 4 nitrogen and oxygen atoms in total. The molecule has 1 rings (SSSR count). The second kappa shape index (κ2) is 5.84. The van der Waals surface area contributed by atoms with Crippen LogP contribution in [0.25, 0.3) is 0 Å². The molecule has 1 atom stereocenters. The molecule has 2 N–H and O–H groups in total. The Morgan fingerprint density at radius 1 is 1.50 bits per heavy atom. The van der Waals surface area contributed by atoms with Crippen LogP contribution in [0.3, 0.4) is 0 Å². The fraction of sp³-hybridized carbons (Fsp3) is 0.364. The average Bonchev–Trinajstić information content (AvgIpc) is 2.28. The summed E-state index contributed by atoms with van der Waals surface area (Å²) in [5, 5.41) is 0.466. The number of halogens is 1. The second-order valence-corrected chi connectivity index (χ2v) is 3.71. The number of hydrogen-bond donors (Lipinski definition) is 1. The van der Waals surface area contributed by atoms with Gasteiger partial charge in [0.05, 0.1) is 25.3 Å². The van der Waals surface area contributed by atoms with Gasteiger partial charge in [0.25, 0.3) is 0 Å². The maximum absolute atomic E-state index is 11.9. The molecule has 0 amide bonds. The van der Waals surface area contributed by atoms with Gasteiger partial charge in [0.2, 0.25) is 0 Å². The minimum absolute atomic E-state index is 0.161. The molecule has 0 aliphatic rings. The summed E-state index contributed by atoms with van der Waals surface area (Å²) in [6.07, 6.45) is 0. The Bertz CT molecular complexity index is 381. The van der Waals surface area contributed by atoms with Crippen LogP contribution >= 0.6 is 11.6 Å². The van der Waals surface area contributed by atoms with Gasteiger partial charge in [-0.2, -0.15) is 0 Å². The molecule has 1 aromatic carbocycles. The van der Waals surface area contributed by atoms with Crippen LogP contribution in [0.15, 0.2) is 18.2 Å². The van der Waals surface area contributed by atoms with Gasteiger partial charge in [-0.3, -0.25) is 4.79 Å². The minimum Gasteiger partial charge on any atom is -0.496 e. The summed E-state index contributed by atoms with van der Waals surface area (Å²) in [4.78, 5) is 11.9. The number of benzene rings is 1. The van der Waals surface area contributed by atoms with Crippen molar-refractivity contribution in [1.29, 1.82) is 0 Å². The van der Waals surface area contributed by atoms with Crippen LogP contribution in [0.2, 0.25) is 5.02 Å². The molecule has 0 bridgehead atoms. The monoisotopic (exact) mass is 243 g/mol. The smallest absolute Gasteiger partial charge is 0.185 e. The first kappa shape index (κ1) is 13.0. The molecular formula is C11H14ClNO3. The summed E-state index contributed by atoms with van der Waals surface area (Å²) >= 11 is 5.82. The van der Waals surface area contributed by atoms with Crippen LogP contribution in [-0.4, -0.2) is 32.7 Å². The molecule has 0 saturated carbocycles. The number of carbonyl (C=O) groups is 1. The highest BCUT2D eigenvalue weighted by Crippen LogP contribution is 2.23. The lowest BCUT2D eigenvalue weighted by molar-refractivity contribution is 0.0889. The molecule has 0 radical (unpaired) electrons. The zero-order valence-corrected chi connectivity index (χ0v) is 9.95. The number of Topliss-reactive ketones (excluding diaryl/α,β-unsaturated/α-hetero) is 1. The van der Waals surface area contributed by atoms with Crippen molar-refractivity contribution < 1.29 is 14.3 Å². The third-order valence-electron chi connectivity index (χ3n) is 2.11. The fourth-order valence-corrected chi connectivity index (χ4v) is 1.50. The predicted molar refractivity (Wildman–Crippen MR) is 62.2 cm³/mol. The van der Waals surface area contributed by atoms with Crippen molar-refractivity contribution in [2.24, 2.45) is 5.73 Å². The highest BCUT2D eigenvalue weighted by molar-refractivity contribution is 6.31. The van der Waals surface area contributed by atoms with Crippen molar-refractivity contribution in [1.82, 2.24) is 0 Å². The molecule has 1 aromatic rings. The summed E-state index contributed by atoms with van der Waals surface area (Å²) < 4.78 is 9.90. The van der Waals surface area contributed by atoms with E-state index in [-0.39, 0.29) is 12.4 Å². The van der Waals surface area contributed by atoms with E-state index in [1.807, 2.05) is 0 Å². The molecule has 0 aliphatic heterocycles. The largest absolute Gasteiger partial charge is 0.496 e. The van der Waals surface area contributed by atoms with Gasteiger partial charge < -0.3 is 15.2 Å². The first-order chi connectivity index (χ1) is 7.60. The standard InChI is InChI=1S/C11H14ClNO3/c1-15-6-9(13)11(14)8-5-7(12)3-4-10(8)16-2/h3-5,9H,6,13H2,1-2H3. The summed E-state index contributed by atoms with van der Waals surface area (Å²) in [7, 11) is 2.98. The lowest BCUT2D eigenvalue weighted by Gasteiger charge is -2.12. The molecule has 0 saturated heterocycles. The Morgan fingerprint density at radius 3 is 2.75 bits per heavy atom. The van der Waals surface area contributed by atoms with Crippen LogP contribution in [0.5, 0.6) is 5.75 Å². The number of nitrogens with two attached hydrogens (primary N) is 1. The molecule has 5 heteroatoms. The molecule has 0 aromatic heterocycles. The quantitative estimate of drug-likeness (QED) is 0.797. The predicted octanol–water partition coefficient (Wildman–Crippen LogP) is 1.50. The van der Waals surface area contributed by atoms with Gasteiger partial charge in [0, 0.05) is 12.1 Å². The minimum atomic E-state index is -0.711. The molecule has 1 unspecified atom stereocenters. The topological polar surface area (TPSA) is 61.5 Å². The van der Waals surface area contributed by atoms with Crippen LogP contribution < -0.4 is 10.5 Å². The van der Waals surface area contributed by atoms with E-state index in [0.717, 1.165) is 0 Å². The maximum atomic E-state index is 11.9. The zero-order valence-electron chi connectivity index (χ0n) is 9.20. The van der Waals surface area contributed by atoms with Crippen LogP contribution in [-0.2, 0) is 4.74 Å². The first-order valence-electron chi connectivity index (χ1n) is 4.72. The van der Waals surface area contributed by atoms with Crippen LogP contribution in [0.1, 0.15) is 10.4 Å². The van der Waals surface area contributed by atoms with Gasteiger partial charge >= 0.3 is 0 Å². The van der Waals surface area contributed by atoms with Gasteiger partial charge in [0.1, 0.15) is 5.75 Å². The van der Waals surface area contributed by atoms with Crippen molar-refractivity contribution in [2.75, 3.05) is 20.8 Å². The number of ketones is 1. The Balaban J connectivity index is 3.01. The molecule has 0 heterocycles. The van der Waals surface area contributed by atoms with Gasteiger partial charge in [0.15, 0.2) is 5.78 Å². The summed E-state index contributed by atoms with van der Waals surface area (Å²) in [5.74, 6) is 0.210. The highest BCUT2D eigenvalue weighted by atomic mass is 35.5. The van der Waals surface area contributed by atoms with E-state index in [1.165, 1.54) is 20.3 Å². The molecule has 0 fully saturated rings. The van der Waals surface area contributed by atoms with E-state index in [0.29, 0.717) is 16.3 Å². The van der Waals surface area contributed by atoms with Gasteiger partial charge in [-0.1, -0.05) is 11.6 Å². The van der Waals surface area contributed by atoms with Crippen molar-refractivity contribution >= 4 is 17.4 Å². The van der Waals surface area contributed by atoms with E-state index in [1.54, 1.807) is 12.1 Å². The molecule has 88 valence electrons. The number of rotatable bonds is 5. The van der Waals surface area contributed by atoms with E-state index in [4.69, 9.17) is 26.8 Å². The van der Waals surface area contributed by atoms with Crippen LogP contribution in [0, 0.1) is 0 Å². The molecule has 16 heavy (non-hydrogen) atoms. The molecule has 0 aliphatic carbocycles. The normalized spacial score (nSPS) is 12.2. The number of ether oxygens (including phenoxy) is 2. The van der Waals surface area contributed by atoms with Gasteiger partial charge in [-0.15, -0.1) is 0 Å². The zero-order chi connectivity index (χ0) is 12.1. The SMILES string of the molecule is COCC(N)C(=O)c1cc(Cl)ccc1OC. The average molecular weight is 244 g/mol. The van der Waals surface area contributed by atoms with E-state index < -0.39 is 6.04 Å². The van der Waals surface area contributed by atoms with Gasteiger partial charge in [-0.25, -0.2) is 0 Å². The third kappa shape index (κ3) is 2.95. The Hall–Kier alpha value is -1.10. The highest BCUT2D eigenvalue weighted by Gasteiger charge is 2.19. The van der Waals surface area contributed by atoms with Crippen molar-refractivity contribution in [3.05, 3.63) is 28.8 Å². The molecular weight excluding hydrogens is 230 g/mol. The lowest BCUT2D eigenvalue weighted by Crippen LogP contribution is -2.35. The lowest BCUT2D eigenvalue weighted by atomic mass is 10.0. The maximum Gasteiger partial charge on any atom is 0.185 e. The summed E-state index contributed by atoms with van der Waals surface area (Å²) in [5.41, 5.74) is 6.03. The summed E-state index contributed by atoms with van der Waals surface area (Å²) in [6.45, 7) is 0.161.